The second-order valence-corrected chi connectivity index (χ2v) is 6.51. The van der Waals surface area contributed by atoms with Gasteiger partial charge in [-0.1, -0.05) is 78.9 Å². The fourth-order valence-corrected chi connectivity index (χ4v) is 2.91. The molecule has 0 heterocycles. The average molecular weight is 365 g/mol. The summed E-state index contributed by atoms with van der Waals surface area (Å²) in [6.45, 7) is 1.12. The van der Waals surface area contributed by atoms with E-state index in [1.54, 1.807) is 0 Å². The minimum Gasteiger partial charge on any atom is -0.489 e. The van der Waals surface area contributed by atoms with Crippen molar-refractivity contribution in [3.8, 4) is 22.6 Å². The van der Waals surface area contributed by atoms with Crippen molar-refractivity contribution in [1.82, 2.24) is 0 Å². The fraction of sp³-hybridized carbons (Fsp3) is 0.0769. The summed E-state index contributed by atoms with van der Waals surface area (Å²) in [7, 11) is 0. The molecule has 137 valence electrons. The van der Waals surface area contributed by atoms with Gasteiger partial charge < -0.3 is 9.47 Å². The highest BCUT2D eigenvalue weighted by Gasteiger charge is 2.03. The largest absolute Gasteiger partial charge is 0.489 e. The zero-order chi connectivity index (χ0) is 19.0. The molecule has 0 aromatic heterocycles. The molecular formula is C26H21O2. The van der Waals surface area contributed by atoms with Crippen molar-refractivity contribution in [2.24, 2.45) is 0 Å². The van der Waals surface area contributed by atoms with Crippen LogP contribution in [-0.2, 0) is 13.2 Å². The maximum Gasteiger partial charge on any atom is 0.120 e. The first-order valence-electron chi connectivity index (χ1n) is 9.32. The van der Waals surface area contributed by atoms with Crippen molar-refractivity contribution in [3.05, 3.63) is 120 Å². The van der Waals surface area contributed by atoms with Crippen molar-refractivity contribution >= 4 is 0 Å². The third kappa shape index (κ3) is 4.80. The van der Waals surface area contributed by atoms with Crippen LogP contribution < -0.4 is 9.47 Å². The quantitative estimate of drug-likeness (QED) is 0.382. The van der Waals surface area contributed by atoms with E-state index in [0.717, 1.165) is 33.8 Å². The Bertz CT molecular complexity index is 993. The lowest BCUT2D eigenvalue weighted by Gasteiger charge is -2.10. The molecule has 0 amide bonds. The van der Waals surface area contributed by atoms with Crippen LogP contribution in [0.3, 0.4) is 0 Å². The second-order valence-electron chi connectivity index (χ2n) is 6.51. The highest BCUT2D eigenvalue weighted by atomic mass is 16.5. The summed E-state index contributed by atoms with van der Waals surface area (Å²) in [6.07, 6.45) is 0. The molecule has 28 heavy (non-hydrogen) atoms. The highest BCUT2D eigenvalue weighted by molar-refractivity contribution is 5.65. The molecule has 0 fully saturated rings. The number of rotatable bonds is 7. The Kier molecular flexibility index (Phi) is 5.69. The first kappa shape index (κ1) is 17.9. The van der Waals surface area contributed by atoms with Crippen LogP contribution in [0.5, 0.6) is 11.5 Å². The van der Waals surface area contributed by atoms with Gasteiger partial charge in [0.05, 0.1) is 0 Å². The molecule has 4 rings (SSSR count). The van der Waals surface area contributed by atoms with Gasteiger partial charge in [0.25, 0.3) is 0 Å². The van der Waals surface area contributed by atoms with Gasteiger partial charge in [0.15, 0.2) is 0 Å². The third-order valence-electron chi connectivity index (χ3n) is 4.44. The van der Waals surface area contributed by atoms with E-state index < -0.39 is 0 Å². The average Bonchev–Trinajstić information content (AvgIpc) is 2.78. The Morgan fingerprint density at radius 1 is 0.571 bits per heavy atom. The van der Waals surface area contributed by atoms with Gasteiger partial charge in [-0.05, 0) is 52.6 Å². The van der Waals surface area contributed by atoms with Gasteiger partial charge in [-0.3, -0.25) is 0 Å². The fourth-order valence-electron chi connectivity index (χ4n) is 2.91. The Hall–Kier alpha value is -3.52. The first-order valence-corrected chi connectivity index (χ1v) is 9.32. The van der Waals surface area contributed by atoms with Crippen LogP contribution in [0, 0.1) is 6.07 Å². The molecule has 1 radical (unpaired) electrons. The molecule has 2 nitrogen and oxygen atoms in total. The van der Waals surface area contributed by atoms with E-state index in [2.05, 4.69) is 30.3 Å². The number of ether oxygens (including phenoxy) is 2. The lowest BCUT2D eigenvalue weighted by atomic mass is 10.1. The van der Waals surface area contributed by atoms with E-state index in [1.165, 1.54) is 0 Å². The molecule has 0 unspecified atom stereocenters. The Morgan fingerprint density at radius 2 is 1.14 bits per heavy atom. The van der Waals surface area contributed by atoms with Gasteiger partial charge in [-0.15, -0.1) is 0 Å². The molecule has 0 aliphatic rings. The van der Waals surface area contributed by atoms with Crippen molar-refractivity contribution < 1.29 is 9.47 Å². The van der Waals surface area contributed by atoms with Gasteiger partial charge >= 0.3 is 0 Å². The molecule has 0 aliphatic carbocycles. The maximum atomic E-state index is 5.92. The first-order chi connectivity index (χ1) is 13.9. The van der Waals surface area contributed by atoms with Crippen LogP contribution in [-0.4, -0.2) is 0 Å². The van der Waals surface area contributed by atoms with Crippen LogP contribution in [0.25, 0.3) is 11.1 Å². The Morgan fingerprint density at radius 3 is 1.75 bits per heavy atom. The van der Waals surface area contributed by atoms with Gasteiger partial charge in [-0.25, -0.2) is 0 Å². The third-order valence-corrected chi connectivity index (χ3v) is 4.44. The summed E-state index contributed by atoms with van der Waals surface area (Å²) in [6, 6.07) is 37.5. The Labute approximate surface area is 166 Å². The van der Waals surface area contributed by atoms with E-state index in [1.807, 2.05) is 78.9 Å². The number of hydrogen-bond acceptors (Lipinski definition) is 2. The molecule has 0 aliphatic heterocycles. The molecule has 0 saturated carbocycles. The summed E-state index contributed by atoms with van der Waals surface area (Å²) < 4.78 is 11.8. The number of hydrogen-bond donors (Lipinski definition) is 0. The topological polar surface area (TPSA) is 18.5 Å². The summed E-state index contributed by atoms with van der Waals surface area (Å²) in [5.74, 6) is 1.69. The number of benzene rings is 4. The molecule has 2 heteroatoms. The van der Waals surface area contributed by atoms with Crippen molar-refractivity contribution in [2.75, 3.05) is 0 Å². The molecule has 0 saturated heterocycles. The van der Waals surface area contributed by atoms with Gasteiger partial charge in [0.1, 0.15) is 24.7 Å². The molecule has 0 atom stereocenters. The van der Waals surface area contributed by atoms with Crippen LogP contribution in [0.1, 0.15) is 11.1 Å². The maximum absolute atomic E-state index is 5.92. The molecule has 0 spiro atoms. The summed E-state index contributed by atoms with van der Waals surface area (Å²) in [5.41, 5.74) is 4.39. The minimum atomic E-state index is 0.552. The van der Waals surface area contributed by atoms with Crippen molar-refractivity contribution in [3.63, 3.8) is 0 Å². The summed E-state index contributed by atoms with van der Waals surface area (Å²) >= 11 is 0. The Balaban J connectivity index is 1.39. The van der Waals surface area contributed by atoms with Gasteiger partial charge in [-0.2, -0.15) is 0 Å². The van der Waals surface area contributed by atoms with E-state index in [4.69, 9.17) is 9.47 Å². The lowest BCUT2D eigenvalue weighted by Crippen LogP contribution is -1.95. The van der Waals surface area contributed by atoms with Crippen LogP contribution in [0.15, 0.2) is 103 Å². The smallest absolute Gasteiger partial charge is 0.120 e. The monoisotopic (exact) mass is 365 g/mol. The van der Waals surface area contributed by atoms with Crippen molar-refractivity contribution in [2.45, 2.75) is 13.2 Å². The SMILES string of the molecule is [c]1ccc(OCc2ccccc2)cc1-c1ccc(OCc2ccccc2)cc1. The van der Waals surface area contributed by atoms with Crippen LogP contribution >= 0.6 is 0 Å². The summed E-state index contributed by atoms with van der Waals surface area (Å²) in [5, 5.41) is 0. The zero-order valence-corrected chi connectivity index (χ0v) is 15.5. The zero-order valence-electron chi connectivity index (χ0n) is 15.5. The predicted molar refractivity (Wildman–Crippen MR) is 112 cm³/mol. The van der Waals surface area contributed by atoms with E-state index in [9.17, 15) is 0 Å². The van der Waals surface area contributed by atoms with Crippen molar-refractivity contribution in [1.29, 1.82) is 0 Å². The summed E-state index contributed by atoms with van der Waals surface area (Å²) in [4.78, 5) is 0. The van der Waals surface area contributed by atoms with E-state index in [-0.39, 0.29) is 0 Å². The normalized spacial score (nSPS) is 10.4. The molecule has 4 aromatic carbocycles. The van der Waals surface area contributed by atoms with Crippen LogP contribution in [0.4, 0.5) is 0 Å². The minimum absolute atomic E-state index is 0.552. The lowest BCUT2D eigenvalue weighted by molar-refractivity contribution is 0.306. The standard InChI is InChI=1S/C26H21O2/c1-3-8-21(9-4-1)19-27-25-16-14-23(15-17-25)24-12-7-13-26(18-24)28-20-22-10-5-2-6-11-22/h1-11,13-18H,19-20H2. The molecule has 0 bridgehead atoms. The van der Waals surface area contributed by atoms with Gasteiger partial charge in [0, 0.05) is 0 Å². The predicted octanol–water partition coefficient (Wildman–Crippen LogP) is 6.31. The molecule has 4 aromatic rings. The second kappa shape index (κ2) is 8.92. The highest BCUT2D eigenvalue weighted by Crippen LogP contribution is 2.26. The van der Waals surface area contributed by atoms with Crippen LogP contribution in [0.2, 0.25) is 0 Å². The molecule has 0 N–H and O–H groups in total. The van der Waals surface area contributed by atoms with E-state index in [0.29, 0.717) is 13.2 Å². The van der Waals surface area contributed by atoms with Gasteiger partial charge in [0.2, 0.25) is 0 Å². The molecular weight excluding hydrogens is 344 g/mol. The van der Waals surface area contributed by atoms with E-state index >= 15 is 0 Å².